The molecule has 110 valence electrons. The largest absolute Gasteiger partial charge is 0.379 e. The van der Waals surface area contributed by atoms with Crippen molar-refractivity contribution in [3.63, 3.8) is 0 Å². The average molecular weight is 299 g/mol. The van der Waals surface area contributed by atoms with Gasteiger partial charge in [-0.3, -0.25) is 4.90 Å². The molecule has 2 bridgehead atoms. The van der Waals surface area contributed by atoms with Crippen molar-refractivity contribution in [2.24, 2.45) is 5.92 Å². The zero-order valence-electron chi connectivity index (χ0n) is 11.7. The van der Waals surface area contributed by atoms with Crippen LogP contribution in [0.5, 0.6) is 0 Å². The Morgan fingerprint density at radius 3 is 2.95 bits per heavy atom. The van der Waals surface area contributed by atoms with Gasteiger partial charge in [-0.15, -0.1) is 0 Å². The van der Waals surface area contributed by atoms with E-state index in [1.807, 2.05) is 0 Å². The number of rotatable bonds is 2. The predicted octanol–water partition coefficient (Wildman–Crippen LogP) is 2.24. The fourth-order valence-corrected chi connectivity index (χ4v) is 3.45. The summed E-state index contributed by atoms with van der Waals surface area (Å²) < 4.78 is 18.9. The van der Waals surface area contributed by atoms with E-state index in [9.17, 15) is 4.39 Å². The van der Waals surface area contributed by atoms with Crippen LogP contribution in [0.3, 0.4) is 0 Å². The van der Waals surface area contributed by atoms with Gasteiger partial charge >= 0.3 is 0 Å². The van der Waals surface area contributed by atoms with Crippen molar-refractivity contribution in [1.82, 2.24) is 9.80 Å². The molecule has 2 fully saturated rings. The Kier molecular flexibility index (Phi) is 4.26. The van der Waals surface area contributed by atoms with Crippen molar-refractivity contribution in [3.05, 3.63) is 34.6 Å². The summed E-state index contributed by atoms with van der Waals surface area (Å²) in [5.41, 5.74) is 0.989. The predicted molar refractivity (Wildman–Crippen MR) is 77.4 cm³/mol. The molecule has 2 aliphatic heterocycles. The number of benzene rings is 1. The second-order valence-corrected chi connectivity index (χ2v) is 6.35. The summed E-state index contributed by atoms with van der Waals surface area (Å²) in [6.07, 6.45) is 0. The van der Waals surface area contributed by atoms with E-state index in [2.05, 4.69) is 16.8 Å². The number of halogens is 2. The van der Waals surface area contributed by atoms with Crippen LogP contribution in [0.2, 0.25) is 5.02 Å². The molecule has 0 spiro atoms. The van der Waals surface area contributed by atoms with Crippen LogP contribution in [0.1, 0.15) is 5.56 Å². The lowest BCUT2D eigenvalue weighted by molar-refractivity contribution is 0.0562. The highest BCUT2D eigenvalue weighted by molar-refractivity contribution is 6.31. The van der Waals surface area contributed by atoms with Gasteiger partial charge in [0.05, 0.1) is 13.2 Å². The zero-order chi connectivity index (χ0) is 14.1. The fraction of sp³-hybridized carbons (Fsp3) is 0.600. The third-order valence-electron chi connectivity index (χ3n) is 4.15. The van der Waals surface area contributed by atoms with Crippen LogP contribution in [-0.4, -0.2) is 55.7 Å². The first-order chi connectivity index (χ1) is 9.61. The van der Waals surface area contributed by atoms with Gasteiger partial charge in [-0.25, -0.2) is 4.39 Å². The smallest absolute Gasteiger partial charge is 0.124 e. The Bertz CT molecular complexity index is 485. The second-order valence-electron chi connectivity index (χ2n) is 5.94. The number of ether oxygens (including phenoxy) is 1. The maximum Gasteiger partial charge on any atom is 0.124 e. The Morgan fingerprint density at radius 2 is 2.15 bits per heavy atom. The number of likely N-dealkylation sites (N-methyl/N-ethyl adjacent to an activating group) is 1. The summed E-state index contributed by atoms with van der Waals surface area (Å²) in [4.78, 5) is 4.81. The van der Waals surface area contributed by atoms with Crippen LogP contribution in [0.15, 0.2) is 18.2 Å². The van der Waals surface area contributed by atoms with E-state index in [1.54, 1.807) is 6.07 Å². The van der Waals surface area contributed by atoms with Crippen LogP contribution in [0.25, 0.3) is 0 Å². The maximum absolute atomic E-state index is 13.1. The van der Waals surface area contributed by atoms with E-state index in [0.717, 1.165) is 45.0 Å². The lowest BCUT2D eigenvalue weighted by Crippen LogP contribution is -2.42. The molecule has 0 radical (unpaired) electrons. The first-order valence-corrected chi connectivity index (χ1v) is 7.44. The minimum atomic E-state index is -0.281. The topological polar surface area (TPSA) is 15.7 Å². The van der Waals surface area contributed by atoms with E-state index in [-0.39, 0.29) is 5.82 Å². The maximum atomic E-state index is 13.1. The van der Waals surface area contributed by atoms with Crippen molar-refractivity contribution in [2.75, 3.05) is 39.9 Å². The Balaban J connectivity index is 1.79. The molecule has 0 saturated carbocycles. The monoisotopic (exact) mass is 298 g/mol. The van der Waals surface area contributed by atoms with Crippen LogP contribution in [0.4, 0.5) is 4.39 Å². The van der Waals surface area contributed by atoms with Gasteiger partial charge in [-0.2, -0.15) is 0 Å². The van der Waals surface area contributed by atoms with Crippen molar-refractivity contribution in [1.29, 1.82) is 0 Å². The summed E-state index contributed by atoms with van der Waals surface area (Å²) in [5.74, 6) is 0.253. The highest BCUT2D eigenvalue weighted by atomic mass is 35.5. The van der Waals surface area contributed by atoms with Gasteiger partial charge in [-0.05, 0) is 24.7 Å². The summed E-state index contributed by atoms with van der Waals surface area (Å²) in [5, 5.41) is 0.512. The summed E-state index contributed by atoms with van der Waals surface area (Å²) >= 11 is 6.15. The first-order valence-electron chi connectivity index (χ1n) is 7.06. The van der Waals surface area contributed by atoms with Gasteiger partial charge < -0.3 is 9.64 Å². The van der Waals surface area contributed by atoms with E-state index in [1.165, 1.54) is 12.1 Å². The molecule has 0 unspecified atom stereocenters. The molecule has 0 aliphatic carbocycles. The molecule has 20 heavy (non-hydrogen) atoms. The zero-order valence-corrected chi connectivity index (χ0v) is 12.4. The van der Waals surface area contributed by atoms with E-state index in [4.69, 9.17) is 16.3 Å². The number of hydrogen-bond donors (Lipinski definition) is 0. The molecule has 2 atom stereocenters. The normalized spacial score (nSPS) is 28.4. The molecule has 3 nitrogen and oxygen atoms in total. The summed E-state index contributed by atoms with van der Waals surface area (Å²) in [6.45, 7) is 5.45. The third kappa shape index (κ3) is 3.14. The van der Waals surface area contributed by atoms with Crippen LogP contribution in [-0.2, 0) is 11.3 Å². The van der Waals surface area contributed by atoms with Crippen molar-refractivity contribution >= 4 is 11.6 Å². The van der Waals surface area contributed by atoms with Crippen LogP contribution >= 0.6 is 11.6 Å². The van der Waals surface area contributed by atoms with Gasteiger partial charge in [0.15, 0.2) is 0 Å². The molecular weight excluding hydrogens is 279 g/mol. The molecule has 2 aliphatic rings. The Morgan fingerprint density at radius 1 is 1.30 bits per heavy atom. The molecule has 1 aromatic carbocycles. The molecule has 3 rings (SSSR count). The highest BCUT2D eigenvalue weighted by Gasteiger charge is 2.32. The van der Waals surface area contributed by atoms with E-state index >= 15 is 0 Å². The van der Waals surface area contributed by atoms with Gasteiger partial charge in [0.1, 0.15) is 5.82 Å². The molecule has 0 N–H and O–H groups in total. The minimum Gasteiger partial charge on any atom is -0.379 e. The van der Waals surface area contributed by atoms with Gasteiger partial charge in [0.25, 0.3) is 0 Å². The van der Waals surface area contributed by atoms with Crippen molar-refractivity contribution < 1.29 is 9.13 Å². The standard InChI is InChI=1S/C15H20ClFN2O/c1-18-5-11-6-19(14(8-18)10-20-9-11)7-12-2-3-13(17)4-15(12)16/h2-4,11,14H,5-10H2,1H3/t11-,14-/m0/s1. The van der Waals surface area contributed by atoms with Crippen LogP contribution < -0.4 is 0 Å². The number of fused-ring (bicyclic) bond motifs is 3. The van der Waals surface area contributed by atoms with Crippen molar-refractivity contribution in [2.45, 2.75) is 12.6 Å². The Hall–Kier alpha value is -0.680. The highest BCUT2D eigenvalue weighted by Crippen LogP contribution is 2.24. The minimum absolute atomic E-state index is 0.281. The SMILES string of the molecule is CN1C[C@@H]2COC[C@H](C1)N(Cc1ccc(F)cc1Cl)C2. The summed E-state index contributed by atoms with van der Waals surface area (Å²) in [7, 11) is 2.17. The molecule has 0 amide bonds. The van der Waals surface area contributed by atoms with Gasteiger partial charge in [-0.1, -0.05) is 17.7 Å². The quantitative estimate of drug-likeness (QED) is 0.833. The third-order valence-corrected chi connectivity index (χ3v) is 4.51. The lowest BCUT2D eigenvalue weighted by atomic mass is 10.1. The number of nitrogens with zero attached hydrogens (tertiary/aromatic N) is 2. The Labute approximate surface area is 124 Å². The van der Waals surface area contributed by atoms with Crippen molar-refractivity contribution in [3.8, 4) is 0 Å². The molecule has 2 heterocycles. The van der Waals surface area contributed by atoms with Crippen LogP contribution in [0, 0.1) is 11.7 Å². The molecule has 2 saturated heterocycles. The molecular formula is C15H20ClFN2O. The first kappa shape index (κ1) is 14.3. The second kappa shape index (κ2) is 5.98. The molecule has 0 aromatic heterocycles. The summed E-state index contributed by atoms with van der Waals surface area (Å²) in [6, 6.07) is 5.04. The van der Waals surface area contributed by atoms with E-state index in [0.29, 0.717) is 17.0 Å². The molecule has 5 heteroatoms. The van der Waals surface area contributed by atoms with E-state index < -0.39 is 0 Å². The fourth-order valence-electron chi connectivity index (χ4n) is 3.23. The number of hydrogen-bond acceptors (Lipinski definition) is 3. The molecule has 1 aromatic rings. The van der Waals surface area contributed by atoms with Gasteiger partial charge in [0, 0.05) is 43.2 Å². The average Bonchev–Trinajstić information content (AvgIpc) is 2.62. The lowest BCUT2D eigenvalue weighted by Gasteiger charge is -2.29. The van der Waals surface area contributed by atoms with Gasteiger partial charge in [0.2, 0.25) is 0 Å².